The molecule has 0 aliphatic rings. The molecule has 76 valence electrons. The fourth-order valence-electron chi connectivity index (χ4n) is 1.05. The van der Waals surface area contributed by atoms with E-state index in [-0.39, 0.29) is 18.3 Å². The maximum Gasteiger partial charge on any atom is 0.190 e. The van der Waals surface area contributed by atoms with E-state index in [0.717, 1.165) is 0 Å². The van der Waals surface area contributed by atoms with Crippen molar-refractivity contribution in [2.75, 3.05) is 13.7 Å². The maximum atomic E-state index is 11.5. The number of aromatic nitrogens is 1. The molecule has 0 aliphatic heterocycles. The van der Waals surface area contributed by atoms with E-state index in [2.05, 4.69) is 4.98 Å². The Morgan fingerprint density at radius 3 is 2.86 bits per heavy atom. The molecule has 0 saturated heterocycles. The van der Waals surface area contributed by atoms with E-state index in [9.17, 15) is 4.79 Å². The number of hydrogen-bond acceptors (Lipinski definition) is 3. The first-order valence-corrected chi connectivity index (χ1v) is 4.82. The van der Waals surface area contributed by atoms with Gasteiger partial charge in [-0.3, -0.25) is 9.78 Å². The first kappa shape index (κ1) is 11.4. The number of methoxy groups -OCH3 is 1. The van der Waals surface area contributed by atoms with Crippen molar-refractivity contribution in [2.45, 2.75) is 5.88 Å². The molecule has 0 N–H and O–H groups in total. The van der Waals surface area contributed by atoms with Crippen molar-refractivity contribution in [1.82, 2.24) is 4.98 Å². The predicted octanol–water partition coefficient (Wildman–Crippen LogP) is 2.30. The van der Waals surface area contributed by atoms with Crippen LogP contribution in [0, 0.1) is 0 Å². The molecule has 0 radical (unpaired) electrons. The highest BCUT2D eigenvalue weighted by molar-refractivity contribution is 6.32. The number of carbonyl (C=O) groups excluding carboxylic acids is 1. The number of carbonyl (C=O) groups is 1. The minimum atomic E-state index is -0.168. The Labute approximate surface area is 92.0 Å². The molecule has 0 saturated carbocycles. The Morgan fingerprint density at radius 2 is 2.29 bits per heavy atom. The molecule has 5 heteroatoms. The summed E-state index contributed by atoms with van der Waals surface area (Å²) in [5.41, 5.74) is 1.03. The van der Waals surface area contributed by atoms with E-state index in [4.69, 9.17) is 27.9 Å². The lowest BCUT2D eigenvalue weighted by Gasteiger charge is -2.06. The number of pyridine rings is 1. The summed E-state index contributed by atoms with van der Waals surface area (Å²) < 4.78 is 4.73. The zero-order chi connectivity index (χ0) is 10.6. The molecule has 1 heterocycles. The van der Waals surface area contributed by atoms with Crippen LogP contribution in [0.5, 0.6) is 0 Å². The largest absolute Gasteiger partial charge is 0.377 e. The van der Waals surface area contributed by atoms with Crippen molar-refractivity contribution in [3.63, 3.8) is 0 Å². The summed E-state index contributed by atoms with van der Waals surface area (Å²) in [5.74, 6) is 0.0183. The van der Waals surface area contributed by atoms with Gasteiger partial charge >= 0.3 is 0 Å². The van der Waals surface area contributed by atoms with E-state index in [1.807, 2.05) is 0 Å². The fraction of sp³-hybridized carbons (Fsp3) is 0.333. The lowest BCUT2D eigenvalue weighted by atomic mass is 10.1. The monoisotopic (exact) mass is 233 g/mol. The molecule has 0 spiro atoms. The van der Waals surface area contributed by atoms with Gasteiger partial charge in [-0.25, -0.2) is 0 Å². The number of rotatable bonds is 4. The fourth-order valence-corrected chi connectivity index (χ4v) is 1.63. The first-order valence-electron chi connectivity index (χ1n) is 3.91. The molecule has 0 bridgehead atoms. The van der Waals surface area contributed by atoms with Gasteiger partial charge in [0.2, 0.25) is 0 Å². The molecule has 0 fully saturated rings. The quantitative estimate of drug-likeness (QED) is 0.592. The number of ketones is 1. The van der Waals surface area contributed by atoms with Gasteiger partial charge in [0.15, 0.2) is 5.78 Å². The summed E-state index contributed by atoms with van der Waals surface area (Å²) in [6.07, 6.45) is 2.91. The Morgan fingerprint density at radius 1 is 1.57 bits per heavy atom. The second-order valence-electron chi connectivity index (χ2n) is 2.64. The van der Waals surface area contributed by atoms with Gasteiger partial charge in [0.05, 0.1) is 5.02 Å². The molecule has 0 aliphatic carbocycles. The van der Waals surface area contributed by atoms with E-state index in [1.54, 1.807) is 0 Å². The summed E-state index contributed by atoms with van der Waals surface area (Å²) in [6.45, 7) is 0.00586. The summed E-state index contributed by atoms with van der Waals surface area (Å²) in [6, 6.07) is 0. The van der Waals surface area contributed by atoms with Gasteiger partial charge in [0.1, 0.15) is 6.61 Å². The smallest absolute Gasteiger partial charge is 0.190 e. The molecule has 0 atom stereocenters. The predicted molar refractivity (Wildman–Crippen MR) is 55.0 cm³/mol. The van der Waals surface area contributed by atoms with Crippen molar-refractivity contribution in [3.05, 3.63) is 28.5 Å². The number of ether oxygens (including phenoxy) is 1. The van der Waals surface area contributed by atoms with Crippen LogP contribution in [0.3, 0.4) is 0 Å². The van der Waals surface area contributed by atoms with Gasteiger partial charge in [-0.15, -0.1) is 11.6 Å². The van der Waals surface area contributed by atoms with Crippen LogP contribution in [0.2, 0.25) is 5.02 Å². The second-order valence-corrected chi connectivity index (χ2v) is 3.31. The highest BCUT2D eigenvalue weighted by atomic mass is 35.5. The lowest BCUT2D eigenvalue weighted by Crippen LogP contribution is -2.10. The van der Waals surface area contributed by atoms with Gasteiger partial charge in [0, 0.05) is 30.9 Å². The van der Waals surface area contributed by atoms with Crippen molar-refractivity contribution in [1.29, 1.82) is 0 Å². The van der Waals surface area contributed by atoms with Gasteiger partial charge < -0.3 is 4.74 Å². The minimum absolute atomic E-state index is 0.00586. The maximum absolute atomic E-state index is 11.5. The van der Waals surface area contributed by atoms with Gasteiger partial charge in [-0.05, 0) is 5.56 Å². The molecule has 14 heavy (non-hydrogen) atoms. The Hall–Kier alpha value is -0.640. The molecule has 1 aromatic rings. The van der Waals surface area contributed by atoms with Crippen LogP contribution >= 0.6 is 23.2 Å². The average molecular weight is 234 g/mol. The van der Waals surface area contributed by atoms with E-state index in [0.29, 0.717) is 16.1 Å². The second kappa shape index (κ2) is 5.29. The summed E-state index contributed by atoms with van der Waals surface area (Å²) in [5, 5.41) is 0.405. The normalized spacial score (nSPS) is 10.2. The zero-order valence-electron chi connectivity index (χ0n) is 7.59. The summed E-state index contributed by atoms with van der Waals surface area (Å²) in [4.78, 5) is 15.3. The molecule has 0 aromatic carbocycles. The lowest BCUT2D eigenvalue weighted by molar-refractivity contribution is 0.0847. The molecular formula is C9H9Cl2NO2. The average Bonchev–Trinajstić information content (AvgIpc) is 2.17. The van der Waals surface area contributed by atoms with Crippen LogP contribution in [-0.4, -0.2) is 24.5 Å². The van der Waals surface area contributed by atoms with E-state index >= 15 is 0 Å². The molecule has 1 rings (SSSR count). The Bertz CT molecular complexity index is 342. The van der Waals surface area contributed by atoms with Crippen LogP contribution < -0.4 is 0 Å². The van der Waals surface area contributed by atoms with Crippen LogP contribution in [0.15, 0.2) is 12.4 Å². The van der Waals surface area contributed by atoms with Crippen molar-refractivity contribution >= 4 is 29.0 Å². The third-order valence-electron chi connectivity index (χ3n) is 1.71. The Balaban J connectivity index is 3.07. The zero-order valence-corrected chi connectivity index (χ0v) is 9.10. The topological polar surface area (TPSA) is 39.2 Å². The molecule has 0 unspecified atom stereocenters. The standard InChI is InChI=1S/C9H9Cl2NO2/c1-14-5-9(13)7-3-12-4-8(11)6(7)2-10/h3-4H,2,5H2,1H3. The van der Waals surface area contributed by atoms with Crippen molar-refractivity contribution < 1.29 is 9.53 Å². The SMILES string of the molecule is COCC(=O)c1cncc(Cl)c1CCl. The van der Waals surface area contributed by atoms with E-state index in [1.165, 1.54) is 19.5 Å². The Kier molecular flexibility index (Phi) is 4.32. The van der Waals surface area contributed by atoms with Gasteiger partial charge in [-0.1, -0.05) is 11.6 Å². The number of halogens is 2. The summed E-state index contributed by atoms with van der Waals surface area (Å²) in [7, 11) is 1.45. The van der Waals surface area contributed by atoms with Crippen LogP contribution in [0.25, 0.3) is 0 Å². The highest BCUT2D eigenvalue weighted by Crippen LogP contribution is 2.20. The van der Waals surface area contributed by atoms with Crippen LogP contribution in [0.4, 0.5) is 0 Å². The van der Waals surface area contributed by atoms with Crippen LogP contribution in [-0.2, 0) is 10.6 Å². The van der Waals surface area contributed by atoms with Gasteiger partial charge in [-0.2, -0.15) is 0 Å². The molecule has 1 aromatic heterocycles. The number of alkyl halides is 1. The molecular weight excluding hydrogens is 225 g/mol. The van der Waals surface area contributed by atoms with Crippen molar-refractivity contribution in [2.24, 2.45) is 0 Å². The molecule has 3 nitrogen and oxygen atoms in total. The number of hydrogen-bond donors (Lipinski definition) is 0. The third kappa shape index (κ3) is 2.44. The number of nitrogens with zero attached hydrogens (tertiary/aromatic N) is 1. The number of Topliss-reactive ketones (excluding diaryl/α,β-unsaturated/α-hetero) is 1. The van der Waals surface area contributed by atoms with E-state index < -0.39 is 0 Å². The van der Waals surface area contributed by atoms with Crippen LogP contribution in [0.1, 0.15) is 15.9 Å². The summed E-state index contributed by atoms with van der Waals surface area (Å²) >= 11 is 11.5. The first-order chi connectivity index (χ1) is 6.70. The molecule has 0 amide bonds. The van der Waals surface area contributed by atoms with Gasteiger partial charge in [0.25, 0.3) is 0 Å². The van der Waals surface area contributed by atoms with Crippen molar-refractivity contribution in [3.8, 4) is 0 Å². The highest BCUT2D eigenvalue weighted by Gasteiger charge is 2.13. The third-order valence-corrected chi connectivity index (χ3v) is 2.31. The minimum Gasteiger partial charge on any atom is -0.377 e.